The van der Waals surface area contributed by atoms with Gasteiger partial charge in [0.25, 0.3) is 5.91 Å². The fourth-order valence-corrected chi connectivity index (χ4v) is 1.85. The van der Waals surface area contributed by atoms with Crippen LogP contribution in [0, 0.1) is 5.92 Å². The Kier molecular flexibility index (Phi) is 5.08. The van der Waals surface area contributed by atoms with E-state index in [2.05, 4.69) is 10.1 Å². The number of alkyl halides is 2. The van der Waals surface area contributed by atoms with Gasteiger partial charge in [-0.1, -0.05) is 18.6 Å². The number of amides is 1. The summed E-state index contributed by atoms with van der Waals surface area (Å²) in [6.45, 7) is -3.43. The predicted octanol–water partition coefficient (Wildman–Crippen LogP) is 2.57. The molecular formula is C14H15F2NO4. The molecule has 1 amide bonds. The van der Waals surface area contributed by atoms with Gasteiger partial charge in [0.15, 0.2) is 6.61 Å². The first-order valence-corrected chi connectivity index (χ1v) is 6.56. The lowest BCUT2D eigenvalue weighted by molar-refractivity contribution is -0.154. The molecule has 0 bridgehead atoms. The van der Waals surface area contributed by atoms with Crippen molar-refractivity contribution >= 4 is 17.6 Å². The van der Waals surface area contributed by atoms with Gasteiger partial charge in [-0.25, -0.2) is 0 Å². The number of nitrogens with one attached hydrogen (secondary N) is 1. The molecule has 0 spiro atoms. The van der Waals surface area contributed by atoms with E-state index in [0.29, 0.717) is 0 Å². The highest BCUT2D eigenvalue weighted by Crippen LogP contribution is 2.27. The fraction of sp³-hybridized carbons (Fsp3) is 0.429. The second-order valence-corrected chi connectivity index (χ2v) is 4.66. The van der Waals surface area contributed by atoms with Gasteiger partial charge in [0.1, 0.15) is 5.75 Å². The molecule has 114 valence electrons. The first-order chi connectivity index (χ1) is 10.1. The first-order valence-electron chi connectivity index (χ1n) is 6.56. The first kappa shape index (κ1) is 15.2. The van der Waals surface area contributed by atoms with Gasteiger partial charge < -0.3 is 14.8 Å². The van der Waals surface area contributed by atoms with Gasteiger partial charge in [0, 0.05) is 0 Å². The quantitative estimate of drug-likeness (QED) is 0.820. The molecule has 1 saturated carbocycles. The van der Waals surface area contributed by atoms with Gasteiger partial charge in [-0.15, -0.1) is 0 Å². The van der Waals surface area contributed by atoms with Crippen molar-refractivity contribution in [2.24, 2.45) is 5.92 Å². The summed E-state index contributed by atoms with van der Waals surface area (Å²) in [6, 6.07) is 5.80. The molecule has 1 aliphatic rings. The van der Waals surface area contributed by atoms with Crippen molar-refractivity contribution in [2.45, 2.75) is 25.9 Å². The van der Waals surface area contributed by atoms with E-state index in [4.69, 9.17) is 4.74 Å². The number of carbonyl (C=O) groups is 2. The normalized spacial score (nSPS) is 14.4. The van der Waals surface area contributed by atoms with E-state index < -0.39 is 25.1 Å². The molecule has 1 aromatic carbocycles. The third-order valence-corrected chi connectivity index (χ3v) is 3.16. The average molecular weight is 299 g/mol. The number of hydrogen-bond donors (Lipinski definition) is 1. The van der Waals surface area contributed by atoms with Crippen molar-refractivity contribution in [1.29, 1.82) is 0 Å². The van der Waals surface area contributed by atoms with Crippen molar-refractivity contribution in [3.8, 4) is 5.75 Å². The van der Waals surface area contributed by atoms with E-state index in [-0.39, 0.29) is 17.4 Å². The smallest absolute Gasteiger partial charge is 0.387 e. The Morgan fingerprint density at radius 1 is 1.29 bits per heavy atom. The molecule has 1 N–H and O–H groups in total. The lowest BCUT2D eigenvalue weighted by atomic mass is 9.86. The second kappa shape index (κ2) is 7.01. The topological polar surface area (TPSA) is 64.6 Å². The van der Waals surface area contributed by atoms with Crippen LogP contribution in [0.1, 0.15) is 19.3 Å². The van der Waals surface area contributed by atoms with Gasteiger partial charge in [0.2, 0.25) is 0 Å². The molecule has 2 rings (SSSR count). The van der Waals surface area contributed by atoms with Crippen LogP contribution < -0.4 is 10.1 Å². The standard InChI is InChI=1S/C14H15F2NO4/c15-14(16)21-11-7-2-1-6-10(11)17-12(18)8-20-13(19)9-4-3-5-9/h1-2,6-7,9,14H,3-5,8H2,(H,17,18). The maximum absolute atomic E-state index is 12.2. The van der Waals surface area contributed by atoms with Crippen LogP contribution in [0.4, 0.5) is 14.5 Å². The monoisotopic (exact) mass is 299 g/mol. The van der Waals surface area contributed by atoms with Crippen LogP contribution in [0.2, 0.25) is 0 Å². The van der Waals surface area contributed by atoms with Gasteiger partial charge in [-0.05, 0) is 25.0 Å². The van der Waals surface area contributed by atoms with E-state index in [0.717, 1.165) is 19.3 Å². The van der Waals surface area contributed by atoms with Crippen LogP contribution in [0.3, 0.4) is 0 Å². The van der Waals surface area contributed by atoms with Crippen molar-refractivity contribution in [3.05, 3.63) is 24.3 Å². The minimum atomic E-state index is -2.99. The highest BCUT2D eigenvalue weighted by atomic mass is 19.3. The average Bonchev–Trinajstić information content (AvgIpc) is 2.36. The van der Waals surface area contributed by atoms with Crippen molar-refractivity contribution in [1.82, 2.24) is 0 Å². The molecule has 0 aromatic heterocycles. The molecule has 7 heteroatoms. The summed E-state index contributed by atoms with van der Waals surface area (Å²) >= 11 is 0. The molecule has 1 fully saturated rings. The van der Waals surface area contributed by atoms with Crippen molar-refractivity contribution < 1.29 is 27.8 Å². The molecule has 0 radical (unpaired) electrons. The van der Waals surface area contributed by atoms with Gasteiger partial charge in [-0.2, -0.15) is 8.78 Å². The van der Waals surface area contributed by atoms with Gasteiger partial charge >= 0.3 is 12.6 Å². The number of ether oxygens (including phenoxy) is 2. The van der Waals surface area contributed by atoms with Crippen LogP contribution in [0.5, 0.6) is 5.75 Å². The summed E-state index contributed by atoms with van der Waals surface area (Å²) in [5.41, 5.74) is 0.0995. The van der Waals surface area contributed by atoms with E-state index >= 15 is 0 Å². The number of esters is 1. The summed E-state index contributed by atoms with van der Waals surface area (Å²) < 4.78 is 33.6. The Labute approximate surface area is 120 Å². The summed E-state index contributed by atoms with van der Waals surface area (Å²) in [7, 11) is 0. The van der Waals surface area contributed by atoms with E-state index in [1.165, 1.54) is 18.2 Å². The van der Waals surface area contributed by atoms with E-state index in [1.807, 2.05) is 0 Å². The molecule has 21 heavy (non-hydrogen) atoms. The predicted molar refractivity (Wildman–Crippen MR) is 70.0 cm³/mol. The van der Waals surface area contributed by atoms with E-state index in [1.54, 1.807) is 6.07 Å². The van der Waals surface area contributed by atoms with Gasteiger partial charge in [-0.3, -0.25) is 9.59 Å². The number of anilines is 1. The number of carbonyl (C=O) groups excluding carboxylic acids is 2. The summed E-state index contributed by atoms with van der Waals surface area (Å²) in [5, 5.41) is 2.37. The fourth-order valence-electron chi connectivity index (χ4n) is 1.85. The summed E-state index contributed by atoms with van der Waals surface area (Å²) in [6.07, 6.45) is 2.56. The van der Waals surface area contributed by atoms with Crippen molar-refractivity contribution in [3.63, 3.8) is 0 Å². The zero-order valence-corrected chi connectivity index (χ0v) is 11.2. The molecular weight excluding hydrogens is 284 g/mol. The number of para-hydroxylation sites is 2. The molecule has 0 unspecified atom stereocenters. The SMILES string of the molecule is O=C(COC(=O)C1CCC1)Nc1ccccc1OC(F)F. The molecule has 0 aliphatic heterocycles. The third kappa shape index (κ3) is 4.40. The largest absolute Gasteiger partial charge is 0.455 e. The summed E-state index contributed by atoms with van der Waals surface area (Å²) in [4.78, 5) is 23.1. The lowest BCUT2D eigenvalue weighted by Gasteiger charge is -2.22. The zero-order chi connectivity index (χ0) is 15.2. The molecule has 5 nitrogen and oxygen atoms in total. The molecule has 0 heterocycles. The minimum Gasteiger partial charge on any atom is -0.455 e. The Bertz CT molecular complexity index is 517. The van der Waals surface area contributed by atoms with E-state index in [9.17, 15) is 18.4 Å². The van der Waals surface area contributed by atoms with Gasteiger partial charge in [0.05, 0.1) is 11.6 Å². The highest BCUT2D eigenvalue weighted by Gasteiger charge is 2.27. The Hall–Kier alpha value is -2.18. The minimum absolute atomic E-state index is 0.0995. The maximum atomic E-state index is 12.2. The molecule has 1 aliphatic carbocycles. The number of halogens is 2. The summed E-state index contributed by atoms with van der Waals surface area (Å²) in [5.74, 6) is -1.26. The molecule has 0 atom stereocenters. The highest BCUT2D eigenvalue weighted by molar-refractivity contribution is 5.94. The van der Waals surface area contributed by atoms with Crippen LogP contribution in [0.15, 0.2) is 24.3 Å². The molecule has 0 saturated heterocycles. The molecule has 1 aromatic rings. The Morgan fingerprint density at radius 2 is 2.00 bits per heavy atom. The van der Waals surface area contributed by atoms with Crippen LogP contribution in [0.25, 0.3) is 0 Å². The van der Waals surface area contributed by atoms with Crippen LogP contribution in [-0.2, 0) is 14.3 Å². The number of benzene rings is 1. The zero-order valence-electron chi connectivity index (χ0n) is 11.2. The maximum Gasteiger partial charge on any atom is 0.387 e. The lowest BCUT2D eigenvalue weighted by Crippen LogP contribution is -2.28. The Balaban J connectivity index is 1.85. The number of rotatable bonds is 6. The van der Waals surface area contributed by atoms with Crippen LogP contribution in [-0.4, -0.2) is 25.1 Å². The third-order valence-electron chi connectivity index (χ3n) is 3.16. The van der Waals surface area contributed by atoms with Crippen molar-refractivity contribution in [2.75, 3.05) is 11.9 Å². The number of hydrogen-bond acceptors (Lipinski definition) is 4. The van der Waals surface area contributed by atoms with Crippen LogP contribution >= 0.6 is 0 Å². The Morgan fingerprint density at radius 3 is 2.62 bits per heavy atom. The second-order valence-electron chi connectivity index (χ2n) is 4.66.